The summed E-state index contributed by atoms with van der Waals surface area (Å²) in [7, 11) is 0. The van der Waals surface area contributed by atoms with Crippen molar-refractivity contribution < 1.29 is 9.53 Å². The number of aromatic nitrogens is 2. The molecule has 0 aliphatic carbocycles. The van der Waals surface area contributed by atoms with Crippen molar-refractivity contribution in [1.29, 1.82) is 0 Å². The van der Waals surface area contributed by atoms with Crippen LogP contribution in [0.4, 0.5) is 17.2 Å². The predicted molar refractivity (Wildman–Crippen MR) is 143 cm³/mol. The van der Waals surface area contributed by atoms with Crippen molar-refractivity contribution in [1.82, 2.24) is 10.2 Å². The summed E-state index contributed by atoms with van der Waals surface area (Å²) in [5.74, 6) is 3.62. The van der Waals surface area contributed by atoms with Gasteiger partial charge in [0.1, 0.15) is 18.1 Å². The van der Waals surface area contributed by atoms with Gasteiger partial charge in [-0.1, -0.05) is 48.4 Å². The first kappa shape index (κ1) is 22.6. The second-order valence-electron chi connectivity index (χ2n) is 7.98. The van der Waals surface area contributed by atoms with E-state index in [1.165, 1.54) is 0 Å². The van der Waals surface area contributed by atoms with Crippen molar-refractivity contribution in [3.63, 3.8) is 0 Å². The average molecular weight is 471 g/mol. The van der Waals surface area contributed by atoms with Gasteiger partial charge in [0, 0.05) is 33.3 Å². The second-order valence-corrected chi connectivity index (χ2v) is 7.98. The molecule has 5 rings (SSSR count). The molecule has 2 N–H and O–H groups in total. The van der Waals surface area contributed by atoms with E-state index in [9.17, 15) is 4.79 Å². The summed E-state index contributed by atoms with van der Waals surface area (Å²) >= 11 is 0. The van der Waals surface area contributed by atoms with E-state index in [0.29, 0.717) is 17.1 Å². The van der Waals surface area contributed by atoms with Crippen molar-refractivity contribution >= 4 is 33.9 Å². The van der Waals surface area contributed by atoms with Crippen molar-refractivity contribution in [3.8, 4) is 29.4 Å². The number of rotatable bonds is 7. The highest BCUT2D eigenvalue weighted by Gasteiger charge is 2.12. The zero-order chi connectivity index (χ0) is 24.7. The summed E-state index contributed by atoms with van der Waals surface area (Å²) in [6, 6.07) is 32.2. The van der Waals surface area contributed by atoms with E-state index >= 15 is 0 Å². The third kappa shape index (κ3) is 5.01. The quantitative estimate of drug-likeness (QED) is 0.273. The lowest BCUT2D eigenvalue weighted by molar-refractivity contribution is 0.102. The van der Waals surface area contributed by atoms with Gasteiger partial charge in [-0.25, -0.2) is 0 Å². The van der Waals surface area contributed by atoms with Gasteiger partial charge >= 0.3 is 0 Å². The lowest BCUT2D eigenvalue weighted by Gasteiger charge is -2.12. The number of hydrogen-bond donors (Lipinski definition) is 2. The molecule has 6 heteroatoms. The van der Waals surface area contributed by atoms with E-state index in [4.69, 9.17) is 11.2 Å². The van der Waals surface area contributed by atoms with Crippen molar-refractivity contribution in [2.24, 2.45) is 0 Å². The minimum Gasteiger partial charge on any atom is -0.481 e. The van der Waals surface area contributed by atoms with Gasteiger partial charge < -0.3 is 15.4 Å². The number of hydrogen-bond acceptors (Lipinski definition) is 5. The maximum Gasteiger partial charge on any atom is 0.255 e. The molecule has 36 heavy (non-hydrogen) atoms. The van der Waals surface area contributed by atoms with Crippen LogP contribution in [-0.4, -0.2) is 22.7 Å². The molecule has 1 amide bonds. The van der Waals surface area contributed by atoms with Crippen LogP contribution >= 0.6 is 0 Å². The summed E-state index contributed by atoms with van der Waals surface area (Å²) in [4.78, 5) is 12.5. The highest BCUT2D eigenvalue weighted by atomic mass is 16.5. The third-order valence-corrected chi connectivity index (χ3v) is 5.58. The molecule has 0 unspecified atom stereocenters. The number of terminal acetylenes is 1. The molecule has 0 atom stereocenters. The topological polar surface area (TPSA) is 76.1 Å². The van der Waals surface area contributed by atoms with Gasteiger partial charge in [0.05, 0.1) is 0 Å². The maximum atomic E-state index is 12.5. The fourth-order valence-electron chi connectivity index (χ4n) is 3.81. The van der Waals surface area contributed by atoms with E-state index in [-0.39, 0.29) is 12.5 Å². The highest BCUT2D eigenvalue weighted by Crippen LogP contribution is 2.32. The van der Waals surface area contributed by atoms with Crippen molar-refractivity contribution in [2.45, 2.75) is 0 Å². The Morgan fingerprint density at radius 3 is 2.19 bits per heavy atom. The lowest BCUT2D eigenvalue weighted by atomic mass is 10.0. The Bertz CT molecular complexity index is 1540. The molecule has 174 valence electrons. The van der Waals surface area contributed by atoms with Crippen LogP contribution in [0, 0.1) is 12.3 Å². The van der Waals surface area contributed by atoms with Crippen LogP contribution in [0.5, 0.6) is 5.75 Å². The van der Waals surface area contributed by atoms with Gasteiger partial charge in [0.2, 0.25) is 0 Å². The summed E-state index contributed by atoms with van der Waals surface area (Å²) in [5.41, 5.74) is 3.81. The standard InChI is InChI=1S/C30H22N4O2/c1-2-20-36-25-18-14-21(15-19-25)28-26-10-6-7-11-27(26)29(34-33-28)31-24-16-12-22(13-17-24)30(35)32-23-8-4-3-5-9-23/h1,3-19H,20H2,(H,31,34)(H,32,35). The number of carbonyl (C=O) groups excluding carboxylic acids is 1. The molecule has 0 spiro atoms. The molecule has 0 aliphatic heterocycles. The number of nitrogens with zero attached hydrogens (tertiary/aromatic N) is 2. The molecular formula is C30H22N4O2. The number of nitrogens with one attached hydrogen (secondary N) is 2. The van der Waals surface area contributed by atoms with Crippen molar-refractivity contribution in [2.75, 3.05) is 17.2 Å². The highest BCUT2D eigenvalue weighted by molar-refractivity contribution is 6.04. The van der Waals surface area contributed by atoms with E-state index in [1.807, 2.05) is 91.0 Å². The minimum atomic E-state index is -0.168. The van der Waals surface area contributed by atoms with Crippen LogP contribution in [-0.2, 0) is 0 Å². The number of ether oxygens (including phenoxy) is 1. The fourth-order valence-corrected chi connectivity index (χ4v) is 3.81. The summed E-state index contributed by atoms with van der Waals surface area (Å²) < 4.78 is 5.46. The van der Waals surface area contributed by atoms with Gasteiger partial charge in [-0.05, 0) is 60.7 Å². The first-order valence-electron chi connectivity index (χ1n) is 11.4. The van der Waals surface area contributed by atoms with Crippen LogP contribution in [0.3, 0.4) is 0 Å². The zero-order valence-corrected chi connectivity index (χ0v) is 19.3. The van der Waals surface area contributed by atoms with E-state index in [1.54, 1.807) is 12.1 Å². The van der Waals surface area contributed by atoms with E-state index in [0.717, 1.165) is 33.4 Å². The van der Waals surface area contributed by atoms with Crippen molar-refractivity contribution in [3.05, 3.63) is 109 Å². The molecule has 0 fully saturated rings. The number of benzene rings is 4. The molecule has 0 saturated carbocycles. The summed E-state index contributed by atoms with van der Waals surface area (Å²) in [6.45, 7) is 0.223. The normalized spacial score (nSPS) is 10.4. The number of anilines is 3. The SMILES string of the molecule is C#CCOc1ccc(-c2nnc(Nc3ccc(C(=O)Nc4ccccc4)cc3)c3ccccc23)cc1. The first-order chi connectivity index (χ1) is 17.7. The zero-order valence-electron chi connectivity index (χ0n) is 19.3. The molecule has 0 saturated heterocycles. The Kier molecular flexibility index (Phi) is 6.55. The Hall–Kier alpha value is -5.15. The first-order valence-corrected chi connectivity index (χ1v) is 11.4. The van der Waals surface area contributed by atoms with E-state index in [2.05, 4.69) is 26.8 Å². The average Bonchev–Trinajstić information content (AvgIpc) is 2.93. The van der Waals surface area contributed by atoms with Crippen LogP contribution in [0.2, 0.25) is 0 Å². The number of fused-ring (bicyclic) bond motifs is 1. The number of amides is 1. The van der Waals surface area contributed by atoms with E-state index < -0.39 is 0 Å². The molecule has 1 aromatic heterocycles. The summed E-state index contributed by atoms with van der Waals surface area (Å²) in [6.07, 6.45) is 5.26. The number of carbonyl (C=O) groups is 1. The number of para-hydroxylation sites is 1. The van der Waals surface area contributed by atoms with Gasteiger partial charge in [-0.2, -0.15) is 0 Å². The Balaban J connectivity index is 1.37. The van der Waals surface area contributed by atoms with Gasteiger partial charge in [0.15, 0.2) is 5.82 Å². The Morgan fingerprint density at radius 2 is 1.47 bits per heavy atom. The fraction of sp³-hybridized carbons (Fsp3) is 0.0333. The Labute approximate surface area is 209 Å². The van der Waals surface area contributed by atoms with Crippen LogP contribution in [0.15, 0.2) is 103 Å². The molecule has 6 nitrogen and oxygen atoms in total. The maximum absolute atomic E-state index is 12.5. The minimum absolute atomic E-state index is 0.168. The predicted octanol–water partition coefficient (Wildman–Crippen LogP) is 6.30. The largest absolute Gasteiger partial charge is 0.481 e. The molecular weight excluding hydrogens is 448 g/mol. The van der Waals surface area contributed by atoms with Crippen LogP contribution < -0.4 is 15.4 Å². The second kappa shape index (κ2) is 10.4. The smallest absolute Gasteiger partial charge is 0.255 e. The van der Waals surface area contributed by atoms with Crippen LogP contribution in [0.25, 0.3) is 22.0 Å². The van der Waals surface area contributed by atoms with Gasteiger partial charge in [0.25, 0.3) is 5.91 Å². The molecule has 0 bridgehead atoms. The van der Waals surface area contributed by atoms with Crippen LogP contribution in [0.1, 0.15) is 10.4 Å². The Morgan fingerprint density at radius 1 is 0.778 bits per heavy atom. The molecule has 0 aliphatic rings. The third-order valence-electron chi connectivity index (χ3n) is 5.58. The molecule has 4 aromatic carbocycles. The lowest BCUT2D eigenvalue weighted by Crippen LogP contribution is -2.11. The molecule has 0 radical (unpaired) electrons. The summed E-state index contributed by atoms with van der Waals surface area (Å²) in [5, 5.41) is 17.1. The van der Waals surface area contributed by atoms with Gasteiger partial charge in [-0.3, -0.25) is 4.79 Å². The van der Waals surface area contributed by atoms with Gasteiger partial charge in [-0.15, -0.1) is 16.6 Å². The molecule has 5 aromatic rings. The monoisotopic (exact) mass is 470 g/mol. The molecule has 1 heterocycles.